The summed E-state index contributed by atoms with van der Waals surface area (Å²) in [5, 5.41) is 0. The van der Waals surface area contributed by atoms with Gasteiger partial charge in [0.2, 0.25) is 0 Å². The van der Waals surface area contributed by atoms with Crippen molar-refractivity contribution in [3.8, 4) is 5.75 Å². The lowest BCUT2D eigenvalue weighted by Gasteiger charge is -2.36. The Kier molecular flexibility index (Phi) is 7.92. The van der Waals surface area contributed by atoms with Crippen molar-refractivity contribution in [2.75, 3.05) is 31.6 Å². The van der Waals surface area contributed by atoms with Gasteiger partial charge < -0.3 is 14.4 Å². The summed E-state index contributed by atoms with van der Waals surface area (Å²) in [6.45, 7) is 6.96. The van der Waals surface area contributed by atoms with Gasteiger partial charge in [-0.15, -0.1) is 0 Å². The fourth-order valence-electron chi connectivity index (χ4n) is 6.66. The van der Waals surface area contributed by atoms with Crippen LogP contribution >= 0.6 is 0 Å². The van der Waals surface area contributed by atoms with Crippen LogP contribution in [0.5, 0.6) is 5.75 Å². The largest absolute Gasteiger partial charge is 0.496 e. The summed E-state index contributed by atoms with van der Waals surface area (Å²) in [6, 6.07) is 6.72. The molecule has 0 aromatic heterocycles. The number of amides is 1. The highest BCUT2D eigenvalue weighted by Gasteiger charge is 2.43. The molecule has 3 aliphatic rings. The number of aryl methyl sites for hydroxylation is 1. The van der Waals surface area contributed by atoms with Gasteiger partial charge in [-0.3, -0.25) is 4.90 Å². The zero-order valence-electron chi connectivity index (χ0n) is 24.9. The number of allylic oxidation sites excluding steroid dienone is 1. The molecule has 2 aromatic rings. The van der Waals surface area contributed by atoms with Gasteiger partial charge in [0.15, 0.2) is 0 Å². The Hall–Kier alpha value is -3.37. The third-order valence-electron chi connectivity index (χ3n) is 8.77. The average molecular weight is 611 g/mol. The summed E-state index contributed by atoms with van der Waals surface area (Å²) in [5.74, 6) is 0.564. The maximum absolute atomic E-state index is 13.5. The lowest BCUT2D eigenvalue weighted by atomic mass is 9.72. The minimum Gasteiger partial charge on any atom is -0.496 e. The van der Waals surface area contributed by atoms with Crippen molar-refractivity contribution in [2.45, 2.75) is 77.9 Å². The Bertz CT molecular complexity index is 1450. The predicted molar refractivity (Wildman–Crippen MR) is 151 cm³/mol. The van der Waals surface area contributed by atoms with Gasteiger partial charge in [0.25, 0.3) is 0 Å². The molecule has 0 unspecified atom stereocenters. The monoisotopic (exact) mass is 610 g/mol. The minimum atomic E-state index is -4.54. The fourth-order valence-corrected chi connectivity index (χ4v) is 6.66. The van der Waals surface area contributed by atoms with E-state index in [1.807, 2.05) is 6.07 Å². The number of methoxy groups -OCH3 is 1. The van der Waals surface area contributed by atoms with E-state index >= 15 is 0 Å². The Labute approximate surface area is 247 Å². The highest BCUT2D eigenvalue weighted by atomic mass is 19.4. The second kappa shape index (κ2) is 11.0. The van der Waals surface area contributed by atoms with Gasteiger partial charge in [-0.25, -0.2) is 4.79 Å². The quantitative estimate of drug-likeness (QED) is 0.308. The fraction of sp³-hybridized carbons (Fsp3) is 0.531. The third-order valence-corrected chi connectivity index (χ3v) is 8.77. The number of nitrogens with zero attached hydrogens (tertiary/aromatic N) is 2. The maximum atomic E-state index is 13.5. The Morgan fingerprint density at radius 1 is 1.05 bits per heavy atom. The van der Waals surface area contributed by atoms with Crippen LogP contribution in [0.1, 0.15) is 74.0 Å². The first-order valence-corrected chi connectivity index (χ1v) is 14.4. The van der Waals surface area contributed by atoms with Gasteiger partial charge in [0.1, 0.15) is 18.4 Å². The molecule has 5 rings (SSSR count). The summed E-state index contributed by atoms with van der Waals surface area (Å²) < 4.78 is 91.9. The van der Waals surface area contributed by atoms with Crippen molar-refractivity contribution >= 4 is 17.4 Å². The van der Waals surface area contributed by atoms with Crippen LogP contribution in [0.2, 0.25) is 0 Å². The smallest absolute Gasteiger partial charge is 0.416 e. The van der Waals surface area contributed by atoms with Gasteiger partial charge >= 0.3 is 18.4 Å². The highest BCUT2D eigenvalue weighted by molar-refractivity contribution is 5.80. The van der Waals surface area contributed by atoms with Crippen molar-refractivity contribution in [1.29, 1.82) is 0 Å². The first-order chi connectivity index (χ1) is 20.0. The molecule has 1 aliphatic carbocycles. The molecule has 2 aromatic carbocycles. The van der Waals surface area contributed by atoms with Gasteiger partial charge in [-0.2, -0.15) is 26.3 Å². The molecule has 0 bridgehead atoms. The Morgan fingerprint density at radius 2 is 1.77 bits per heavy atom. The topological polar surface area (TPSA) is 42.0 Å². The van der Waals surface area contributed by atoms with E-state index in [2.05, 4.69) is 13.8 Å². The minimum absolute atomic E-state index is 0.102. The van der Waals surface area contributed by atoms with E-state index < -0.39 is 42.7 Å². The lowest BCUT2D eigenvalue weighted by Crippen LogP contribution is -2.35. The third kappa shape index (κ3) is 6.45. The van der Waals surface area contributed by atoms with Crippen LogP contribution in [0.15, 0.2) is 35.9 Å². The highest BCUT2D eigenvalue weighted by Crippen LogP contribution is 2.48. The normalized spacial score (nSPS) is 22.3. The second-order valence-corrected chi connectivity index (χ2v) is 12.7. The number of benzene rings is 2. The maximum Gasteiger partial charge on any atom is 0.416 e. The molecule has 5 nitrogen and oxygen atoms in total. The number of halogens is 6. The average Bonchev–Trinajstić information content (AvgIpc) is 3.40. The van der Waals surface area contributed by atoms with E-state index in [1.54, 1.807) is 26.0 Å². The number of ether oxygens (including phenoxy) is 2. The molecule has 2 aliphatic heterocycles. The molecule has 43 heavy (non-hydrogen) atoms. The number of rotatable bonds is 6. The standard InChI is InChI=1S/C32H36F6N2O3/c1-18-10-21(12-23(11-18)32(36,37)38)28-19(2)40(29(41)43-28)16-22-15-30(3,4)8-6-24(22)25-14-26-20(13-27(25)42-5)7-9-39(26)17-31(33,34)35/h10-14,19,28H,6-9,15-17H2,1-5H3/t19-,28-/m0/s1. The first-order valence-electron chi connectivity index (χ1n) is 14.4. The molecule has 0 N–H and O–H groups in total. The van der Waals surface area contributed by atoms with E-state index in [0.717, 1.165) is 35.3 Å². The van der Waals surface area contributed by atoms with Gasteiger partial charge in [0.05, 0.1) is 18.7 Å². The number of hydrogen-bond acceptors (Lipinski definition) is 4. The number of alkyl halides is 6. The zero-order valence-corrected chi connectivity index (χ0v) is 24.9. The molecule has 0 spiro atoms. The number of carbonyl (C=O) groups is 1. The summed E-state index contributed by atoms with van der Waals surface area (Å²) >= 11 is 0. The molecule has 0 radical (unpaired) electrons. The van der Waals surface area contributed by atoms with E-state index in [1.165, 1.54) is 16.9 Å². The van der Waals surface area contributed by atoms with Gasteiger partial charge in [-0.1, -0.05) is 25.5 Å². The summed E-state index contributed by atoms with van der Waals surface area (Å²) in [7, 11) is 1.53. The molecular weight excluding hydrogens is 574 g/mol. The van der Waals surface area contributed by atoms with Crippen LogP contribution in [-0.4, -0.2) is 50.0 Å². The van der Waals surface area contributed by atoms with E-state index in [9.17, 15) is 31.1 Å². The van der Waals surface area contributed by atoms with Crippen LogP contribution in [0.4, 0.5) is 36.8 Å². The molecule has 1 fully saturated rings. The van der Waals surface area contributed by atoms with Crippen LogP contribution in [0, 0.1) is 12.3 Å². The molecule has 1 amide bonds. The van der Waals surface area contributed by atoms with Crippen molar-refractivity contribution < 1.29 is 40.6 Å². The van der Waals surface area contributed by atoms with E-state index in [0.29, 0.717) is 41.8 Å². The van der Waals surface area contributed by atoms with Gasteiger partial charge in [0, 0.05) is 24.3 Å². The Morgan fingerprint density at radius 3 is 2.42 bits per heavy atom. The Balaban J connectivity index is 1.51. The van der Waals surface area contributed by atoms with Crippen LogP contribution in [0.3, 0.4) is 0 Å². The van der Waals surface area contributed by atoms with Crippen molar-refractivity contribution in [3.05, 3.63) is 63.7 Å². The predicted octanol–water partition coefficient (Wildman–Crippen LogP) is 8.49. The second-order valence-electron chi connectivity index (χ2n) is 12.7. The number of hydrogen-bond donors (Lipinski definition) is 0. The molecule has 2 heterocycles. The molecule has 1 saturated heterocycles. The molecule has 0 saturated carbocycles. The molecule has 2 atom stereocenters. The zero-order chi connectivity index (χ0) is 31.5. The SMILES string of the molecule is COc1cc2c(cc1C1=C(CN3C(=O)O[C@H](c4cc(C)cc(C(F)(F)F)c4)[C@@H]3C)CC(C)(C)CC1)N(CC(F)(F)F)CC2. The lowest BCUT2D eigenvalue weighted by molar-refractivity contribution is -0.137. The van der Waals surface area contributed by atoms with Crippen LogP contribution in [-0.2, 0) is 17.3 Å². The van der Waals surface area contributed by atoms with E-state index in [4.69, 9.17) is 9.47 Å². The first kappa shape index (κ1) is 31.1. The molecular formula is C32H36F6N2O3. The van der Waals surface area contributed by atoms with Gasteiger partial charge in [-0.05, 0) is 91.5 Å². The van der Waals surface area contributed by atoms with Crippen LogP contribution < -0.4 is 9.64 Å². The summed E-state index contributed by atoms with van der Waals surface area (Å²) in [4.78, 5) is 16.1. The summed E-state index contributed by atoms with van der Waals surface area (Å²) in [6.07, 6.45) is -7.84. The van der Waals surface area contributed by atoms with Crippen molar-refractivity contribution in [2.24, 2.45) is 5.41 Å². The van der Waals surface area contributed by atoms with Crippen molar-refractivity contribution in [3.63, 3.8) is 0 Å². The number of anilines is 1. The molecule has 11 heteroatoms. The number of fused-ring (bicyclic) bond motifs is 1. The number of carbonyl (C=O) groups excluding carboxylic acids is 1. The molecule has 234 valence electrons. The van der Waals surface area contributed by atoms with Crippen LogP contribution in [0.25, 0.3) is 5.57 Å². The van der Waals surface area contributed by atoms with Crippen molar-refractivity contribution in [1.82, 2.24) is 4.90 Å². The summed E-state index contributed by atoms with van der Waals surface area (Å²) in [5.41, 5.74) is 3.65. The number of cyclic esters (lactones) is 1. The van der Waals surface area contributed by atoms with E-state index in [-0.39, 0.29) is 24.1 Å².